The molecular formula is C12H25N3O. The molecule has 16 heavy (non-hydrogen) atoms. The molecule has 4 heteroatoms. The second-order valence-electron chi connectivity index (χ2n) is 4.99. The van der Waals surface area contributed by atoms with Crippen LogP contribution in [0, 0.1) is 5.41 Å². The molecule has 0 heterocycles. The summed E-state index contributed by atoms with van der Waals surface area (Å²) in [6.07, 6.45) is 1.68. The minimum atomic E-state index is -0.147. The van der Waals surface area contributed by atoms with E-state index in [0.717, 1.165) is 6.54 Å². The third-order valence-corrected chi connectivity index (χ3v) is 2.69. The number of nitrogens with two attached hydrogens (primary N) is 1. The topological polar surface area (TPSA) is 58.4 Å². The Balaban J connectivity index is 4.21. The first-order valence-corrected chi connectivity index (χ1v) is 5.63. The quantitative estimate of drug-likeness (QED) is 0.626. The lowest BCUT2D eigenvalue weighted by atomic mass is 9.93. The zero-order valence-corrected chi connectivity index (χ0v) is 10.9. The number of nitrogens with zero attached hydrogens (tertiary/aromatic N) is 1. The van der Waals surface area contributed by atoms with Crippen LogP contribution in [-0.2, 0) is 4.79 Å². The highest BCUT2D eigenvalue weighted by Gasteiger charge is 2.24. The molecular weight excluding hydrogens is 202 g/mol. The van der Waals surface area contributed by atoms with E-state index in [2.05, 4.69) is 25.7 Å². The number of amides is 1. The maximum Gasteiger partial charge on any atom is 0.237 e. The molecule has 1 amide bonds. The van der Waals surface area contributed by atoms with Crippen molar-refractivity contribution in [3.05, 3.63) is 12.7 Å². The second-order valence-corrected chi connectivity index (χ2v) is 4.99. The minimum Gasteiger partial charge on any atom is -0.351 e. The summed E-state index contributed by atoms with van der Waals surface area (Å²) in [4.78, 5) is 13.7. The van der Waals surface area contributed by atoms with E-state index in [1.54, 1.807) is 6.08 Å². The molecule has 0 fully saturated rings. The van der Waals surface area contributed by atoms with Crippen LogP contribution >= 0.6 is 0 Å². The highest BCUT2D eigenvalue weighted by atomic mass is 16.2. The van der Waals surface area contributed by atoms with Gasteiger partial charge in [0.25, 0.3) is 0 Å². The molecule has 0 saturated carbocycles. The lowest BCUT2D eigenvalue weighted by Crippen LogP contribution is -2.47. The van der Waals surface area contributed by atoms with Crippen molar-refractivity contribution < 1.29 is 4.79 Å². The fourth-order valence-corrected chi connectivity index (χ4v) is 1.40. The van der Waals surface area contributed by atoms with Crippen molar-refractivity contribution in [2.45, 2.75) is 26.8 Å². The van der Waals surface area contributed by atoms with Crippen molar-refractivity contribution in [2.75, 3.05) is 26.7 Å². The Labute approximate surface area is 98.9 Å². The Morgan fingerprint density at radius 2 is 2.19 bits per heavy atom. The van der Waals surface area contributed by atoms with Crippen LogP contribution in [0.2, 0.25) is 0 Å². The molecule has 0 saturated heterocycles. The number of nitrogens with one attached hydrogen (secondary N) is 1. The van der Waals surface area contributed by atoms with Crippen LogP contribution in [0.25, 0.3) is 0 Å². The van der Waals surface area contributed by atoms with Gasteiger partial charge in [0.1, 0.15) is 0 Å². The van der Waals surface area contributed by atoms with Crippen LogP contribution in [0.4, 0.5) is 0 Å². The largest absolute Gasteiger partial charge is 0.351 e. The van der Waals surface area contributed by atoms with Crippen molar-refractivity contribution >= 4 is 5.91 Å². The number of hydrogen-bond acceptors (Lipinski definition) is 3. The van der Waals surface area contributed by atoms with Gasteiger partial charge in [0, 0.05) is 13.1 Å². The van der Waals surface area contributed by atoms with Crippen molar-refractivity contribution in [1.29, 1.82) is 0 Å². The Hall–Kier alpha value is -0.870. The van der Waals surface area contributed by atoms with E-state index in [0.29, 0.717) is 13.1 Å². The first-order chi connectivity index (χ1) is 7.34. The van der Waals surface area contributed by atoms with Crippen LogP contribution in [-0.4, -0.2) is 43.5 Å². The van der Waals surface area contributed by atoms with Crippen molar-refractivity contribution in [3.8, 4) is 0 Å². The fourth-order valence-electron chi connectivity index (χ4n) is 1.40. The number of likely N-dealkylation sites (N-methyl/N-ethyl adjacent to an activating group) is 1. The van der Waals surface area contributed by atoms with E-state index in [-0.39, 0.29) is 17.4 Å². The van der Waals surface area contributed by atoms with Gasteiger partial charge in [0.15, 0.2) is 0 Å². The molecule has 0 aliphatic heterocycles. The smallest absolute Gasteiger partial charge is 0.237 e. The van der Waals surface area contributed by atoms with E-state index in [4.69, 9.17) is 5.73 Å². The van der Waals surface area contributed by atoms with Crippen molar-refractivity contribution in [3.63, 3.8) is 0 Å². The maximum absolute atomic E-state index is 11.7. The van der Waals surface area contributed by atoms with Gasteiger partial charge in [-0.05, 0) is 25.9 Å². The molecule has 0 aromatic heterocycles. The van der Waals surface area contributed by atoms with Crippen LogP contribution in [0.5, 0.6) is 0 Å². The summed E-state index contributed by atoms with van der Waals surface area (Å²) < 4.78 is 0. The van der Waals surface area contributed by atoms with Crippen molar-refractivity contribution in [2.24, 2.45) is 11.1 Å². The van der Waals surface area contributed by atoms with Gasteiger partial charge in [0.05, 0.1) is 6.04 Å². The monoisotopic (exact) mass is 227 g/mol. The molecule has 0 spiro atoms. The van der Waals surface area contributed by atoms with E-state index in [1.165, 1.54) is 0 Å². The lowest BCUT2D eigenvalue weighted by Gasteiger charge is -2.32. The molecule has 0 radical (unpaired) electrons. The molecule has 1 atom stereocenters. The maximum atomic E-state index is 11.7. The summed E-state index contributed by atoms with van der Waals surface area (Å²) in [5, 5.41) is 2.79. The van der Waals surface area contributed by atoms with E-state index in [9.17, 15) is 4.79 Å². The first kappa shape index (κ1) is 15.1. The normalized spacial score (nSPS) is 13.6. The highest BCUT2D eigenvalue weighted by molar-refractivity contribution is 5.81. The summed E-state index contributed by atoms with van der Waals surface area (Å²) in [5.74, 6) is 0.0234. The van der Waals surface area contributed by atoms with Crippen LogP contribution in [0.15, 0.2) is 12.7 Å². The summed E-state index contributed by atoms with van der Waals surface area (Å²) in [6.45, 7) is 11.6. The fraction of sp³-hybridized carbons (Fsp3) is 0.750. The molecule has 1 unspecified atom stereocenters. The molecule has 4 nitrogen and oxygen atoms in total. The van der Waals surface area contributed by atoms with Gasteiger partial charge in [-0.15, -0.1) is 6.58 Å². The Morgan fingerprint density at radius 1 is 1.62 bits per heavy atom. The van der Waals surface area contributed by atoms with Gasteiger partial charge in [-0.1, -0.05) is 19.9 Å². The van der Waals surface area contributed by atoms with Gasteiger partial charge in [-0.25, -0.2) is 0 Å². The molecule has 0 aromatic rings. The summed E-state index contributed by atoms with van der Waals surface area (Å²) in [6, 6.07) is -0.147. The zero-order valence-electron chi connectivity index (χ0n) is 10.9. The van der Waals surface area contributed by atoms with Crippen LogP contribution in [0.1, 0.15) is 20.8 Å². The number of carbonyl (C=O) groups is 1. The molecule has 0 aromatic carbocycles. The van der Waals surface area contributed by atoms with Gasteiger partial charge in [-0.2, -0.15) is 0 Å². The minimum absolute atomic E-state index is 0.0234. The molecule has 0 bridgehead atoms. The third kappa shape index (κ3) is 5.28. The average molecular weight is 227 g/mol. The number of carbonyl (C=O) groups excluding carboxylic acids is 1. The van der Waals surface area contributed by atoms with Gasteiger partial charge in [0.2, 0.25) is 5.91 Å². The lowest BCUT2D eigenvalue weighted by molar-refractivity contribution is -0.125. The molecule has 0 aliphatic carbocycles. The Morgan fingerprint density at radius 3 is 2.62 bits per heavy atom. The zero-order chi connectivity index (χ0) is 12.8. The molecule has 0 aliphatic rings. The second kappa shape index (κ2) is 6.66. The SMILES string of the molecule is C=CCNC(=O)C(C)N(C)CC(C)(C)CN. The Kier molecular flexibility index (Phi) is 6.29. The number of hydrogen-bond donors (Lipinski definition) is 2. The molecule has 94 valence electrons. The number of rotatable bonds is 7. The molecule has 0 rings (SSSR count). The molecule has 3 N–H and O–H groups in total. The first-order valence-electron chi connectivity index (χ1n) is 5.63. The average Bonchev–Trinajstić information content (AvgIpc) is 2.24. The summed E-state index contributed by atoms with van der Waals surface area (Å²) >= 11 is 0. The van der Waals surface area contributed by atoms with Crippen LogP contribution in [0.3, 0.4) is 0 Å². The van der Waals surface area contributed by atoms with E-state index in [1.807, 2.05) is 18.9 Å². The van der Waals surface area contributed by atoms with Crippen LogP contribution < -0.4 is 11.1 Å². The predicted octanol–water partition coefficient (Wildman–Crippen LogP) is 0.594. The van der Waals surface area contributed by atoms with E-state index < -0.39 is 0 Å². The Bertz CT molecular complexity index is 238. The van der Waals surface area contributed by atoms with Gasteiger partial charge >= 0.3 is 0 Å². The predicted molar refractivity (Wildman–Crippen MR) is 68.1 cm³/mol. The highest BCUT2D eigenvalue weighted by Crippen LogP contribution is 2.15. The third-order valence-electron chi connectivity index (χ3n) is 2.69. The summed E-state index contributed by atoms with van der Waals surface area (Å²) in [7, 11) is 1.94. The standard InChI is InChI=1S/C12H25N3O/c1-6-7-14-11(16)10(2)15(5)9-12(3,4)8-13/h6,10H,1,7-9,13H2,2-5H3,(H,14,16). The van der Waals surface area contributed by atoms with E-state index >= 15 is 0 Å². The van der Waals surface area contributed by atoms with Crippen molar-refractivity contribution in [1.82, 2.24) is 10.2 Å². The summed E-state index contributed by atoms with van der Waals surface area (Å²) in [5.41, 5.74) is 5.70. The van der Waals surface area contributed by atoms with Gasteiger partial charge in [-0.3, -0.25) is 9.69 Å². The van der Waals surface area contributed by atoms with Gasteiger partial charge < -0.3 is 11.1 Å².